The third-order valence-corrected chi connectivity index (χ3v) is 4.87. The number of anilines is 2. The van der Waals surface area contributed by atoms with Gasteiger partial charge in [0, 0.05) is 50.3 Å². The van der Waals surface area contributed by atoms with Crippen molar-refractivity contribution < 1.29 is 4.79 Å². The molecular formula is C21H24N6O. The largest absolute Gasteiger partial charge is 0.353 e. The van der Waals surface area contributed by atoms with Gasteiger partial charge in [0.1, 0.15) is 18.0 Å². The van der Waals surface area contributed by atoms with Gasteiger partial charge in [0.05, 0.1) is 0 Å². The van der Waals surface area contributed by atoms with Crippen molar-refractivity contribution in [3.63, 3.8) is 0 Å². The Morgan fingerprint density at radius 1 is 0.893 bits per heavy atom. The van der Waals surface area contributed by atoms with Gasteiger partial charge in [-0.25, -0.2) is 14.8 Å². The summed E-state index contributed by atoms with van der Waals surface area (Å²) in [6.07, 6.45) is 5.51. The number of hydrogen-bond acceptors (Lipinski definition) is 4. The van der Waals surface area contributed by atoms with E-state index in [1.54, 1.807) is 6.33 Å². The minimum atomic E-state index is -0.0552. The fourth-order valence-corrected chi connectivity index (χ4v) is 3.53. The first-order valence-corrected chi connectivity index (χ1v) is 9.43. The molecule has 0 bridgehead atoms. The molecule has 4 rings (SSSR count). The molecule has 1 aromatic carbocycles. The molecule has 1 saturated heterocycles. The van der Waals surface area contributed by atoms with Crippen LogP contribution in [0, 0.1) is 13.8 Å². The van der Waals surface area contributed by atoms with Crippen LogP contribution < -0.4 is 10.2 Å². The molecule has 1 fully saturated rings. The van der Waals surface area contributed by atoms with Crippen molar-refractivity contribution in [2.45, 2.75) is 13.8 Å². The predicted molar refractivity (Wildman–Crippen MR) is 110 cm³/mol. The highest BCUT2D eigenvalue weighted by Crippen LogP contribution is 2.18. The normalized spacial score (nSPS) is 14.2. The maximum atomic E-state index is 12.6. The van der Waals surface area contributed by atoms with Crippen LogP contribution in [-0.2, 0) is 0 Å². The van der Waals surface area contributed by atoms with E-state index in [2.05, 4.69) is 26.3 Å². The van der Waals surface area contributed by atoms with Crippen LogP contribution in [-0.4, -0.2) is 51.6 Å². The van der Waals surface area contributed by atoms with Gasteiger partial charge in [-0.2, -0.15) is 0 Å². The molecule has 0 spiro atoms. The third kappa shape index (κ3) is 3.98. The fourth-order valence-electron chi connectivity index (χ4n) is 3.53. The lowest BCUT2D eigenvalue weighted by Crippen LogP contribution is -2.50. The number of benzene rings is 1. The van der Waals surface area contributed by atoms with Crippen molar-refractivity contribution in [1.29, 1.82) is 0 Å². The lowest BCUT2D eigenvalue weighted by atomic mass is 10.1. The molecule has 0 atom stereocenters. The molecule has 2 amide bonds. The van der Waals surface area contributed by atoms with Gasteiger partial charge in [-0.15, -0.1) is 0 Å². The summed E-state index contributed by atoms with van der Waals surface area (Å²) in [4.78, 5) is 25.4. The lowest BCUT2D eigenvalue weighted by Gasteiger charge is -2.35. The number of carbonyl (C=O) groups is 1. The Hall–Kier alpha value is -3.35. The number of aromatic nitrogens is 3. The Balaban J connectivity index is 1.38. The molecule has 1 aliphatic rings. The summed E-state index contributed by atoms with van der Waals surface area (Å²) >= 11 is 0. The number of nitrogens with one attached hydrogen (secondary N) is 1. The number of amides is 2. The minimum Gasteiger partial charge on any atom is -0.353 e. The Morgan fingerprint density at radius 2 is 1.54 bits per heavy atom. The fraction of sp³-hybridized carbons (Fsp3) is 0.286. The summed E-state index contributed by atoms with van der Waals surface area (Å²) in [6, 6.07) is 11.9. The van der Waals surface area contributed by atoms with Gasteiger partial charge >= 0.3 is 6.03 Å². The molecule has 2 aromatic heterocycles. The molecule has 3 heterocycles. The van der Waals surface area contributed by atoms with Crippen molar-refractivity contribution in [3.8, 4) is 5.82 Å². The van der Waals surface area contributed by atoms with Gasteiger partial charge in [-0.3, -0.25) is 0 Å². The molecule has 0 aliphatic carbocycles. The SMILES string of the molecule is Cc1cc(C)cc(NC(=O)N2CCN(c3cc(-n4cccc4)ncn3)CC2)c1. The first-order chi connectivity index (χ1) is 13.6. The number of hydrogen-bond donors (Lipinski definition) is 1. The van der Waals surface area contributed by atoms with Crippen LogP contribution in [0.4, 0.5) is 16.3 Å². The highest BCUT2D eigenvalue weighted by atomic mass is 16.2. The summed E-state index contributed by atoms with van der Waals surface area (Å²) in [5.41, 5.74) is 3.13. The van der Waals surface area contributed by atoms with E-state index in [1.165, 1.54) is 0 Å². The van der Waals surface area contributed by atoms with E-state index in [4.69, 9.17) is 0 Å². The smallest absolute Gasteiger partial charge is 0.321 e. The second-order valence-electron chi connectivity index (χ2n) is 7.11. The minimum absolute atomic E-state index is 0.0552. The number of aryl methyl sites for hydroxylation is 2. The Kier molecular flexibility index (Phi) is 4.97. The van der Waals surface area contributed by atoms with E-state index < -0.39 is 0 Å². The van der Waals surface area contributed by atoms with E-state index >= 15 is 0 Å². The molecule has 144 valence electrons. The van der Waals surface area contributed by atoms with Crippen molar-refractivity contribution in [3.05, 3.63) is 66.2 Å². The molecule has 0 saturated carbocycles. The van der Waals surface area contributed by atoms with Crippen LogP contribution >= 0.6 is 0 Å². The maximum absolute atomic E-state index is 12.6. The molecule has 0 radical (unpaired) electrons. The zero-order valence-corrected chi connectivity index (χ0v) is 16.2. The van der Waals surface area contributed by atoms with Gasteiger partial charge < -0.3 is 19.7 Å². The van der Waals surface area contributed by atoms with Crippen LogP contribution in [0.5, 0.6) is 0 Å². The Bertz CT molecular complexity index is 941. The van der Waals surface area contributed by atoms with E-state index in [-0.39, 0.29) is 6.03 Å². The summed E-state index contributed by atoms with van der Waals surface area (Å²) in [5.74, 6) is 1.72. The maximum Gasteiger partial charge on any atom is 0.321 e. The molecular weight excluding hydrogens is 352 g/mol. The molecule has 7 heteroatoms. The quantitative estimate of drug-likeness (QED) is 0.762. The molecule has 3 aromatic rings. The van der Waals surface area contributed by atoms with Crippen molar-refractivity contribution in [1.82, 2.24) is 19.4 Å². The van der Waals surface area contributed by atoms with Crippen LogP contribution in [0.2, 0.25) is 0 Å². The first-order valence-electron chi connectivity index (χ1n) is 9.43. The third-order valence-electron chi connectivity index (χ3n) is 4.87. The standard InChI is InChI=1S/C21H24N6O/c1-16-11-17(2)13-18(12-16)24-21(28)27-9-7-26(8-10-27)20-14-19(22-15-23-20)25-5-3-4-6-25/h3-6,11-15H,7-10H2,1-2H3,(H,24,28). The summed E-state index contributed by atoms with van der Waals surface area (Å²) in [5, 5.41) is 3.02. The molecule has 1 aliphatic heterocycles. The summed E-state index contributed by atoms with van der Waals surface area (Å²) in [6.45, 7) is 6.85. The van der Waals surface area contributed by atoms with E-state index in [0.29, 0.717) is 13.1 Å². The highest BCUT2D eigenvalue weighted by molar-refractivity contribution is 5.89. The predicted octanol–water partition coefficient (Wildman–Crippen LogP) is 3.24. The Morgan fingerprint density at radius 3 is 2.21 bits per heavy atom. The zero-order valence-electron chi connectivity index (χ0n) is 16.2. The van der Waals surface area contributed by atoms with Crippen molar-refractivity contribution in [2.24, 2.45) is 0 Å². The molecule has 7 nitrogen and oxygen atoms in total. The van der Waals surface area contributed by atoms with Gasteiger partial charge in [0.2, 0.25) is 0 Å². The summed E-state index contributed by atoms with van der Waals surface area (Å²) < 4.78 is 1.96. The summed E-state index contributed by atoms with van der Waals surface area (Å²) in [7, 11) is 0. The first kappa shape index (κ1) is 18.0. The second-order valence-corrected chi connectivity index (χ2v) is 7.11. The molecule has 28 heavy (non-hydrogen) atoms. The zero-order chi connectivity index (χ0) is 19.5. The van der Waals surface area contributed by atoms with Crippen LogP contribution in [0.1, 0.15) is 11.1 Å². The van der Waals surface area contributed by atoms with Crippen LogP contribution in [0.25, 0.3) is 5.82 Å². The Labute approximate surface area is 164 Å². The van der Waals surface area contributed by atoms with Gasteiger partial charge in [-0.1, -0.05) is 6.07 Å². The monoisotopic (exact) mass is 376 g/mol. The number of nitrogens with zero attached hydrogens (tertiary/aromatic N) is 5. The number of piperazine rings is 1. The average Bonchev–Trinajstić information content (AvgIpc) is 3.22. The molecule has 0 unspecified atom stereocenters. The van der Waals surface area contributed by atoms with E-state index in [0.717, 1.165) is 41.5 Å². The second kappa shape index (κ2) is 7.72. The van der Waals surface area contributed by atoms with Crippen molar-refractivity contribution >= 4 is 17.5 Å². The average molecular weight is 376 g/mol. The van der Waals surface area contributed by atoms with E-state index in [9.17, 15) is 4.79 Å². The lowest BCUT2D eigenvalue weighted by molar-refractivity contribution is 0.208. The van der Waals surface area contributed by atoms with Gasteiger partial charge in [0.15, 0.2) is 0 Å². The number of carbonyl (C=O) groups excluding carboxylic acids is 1. The highest BCUT2D eigenvalue weighted by Gasteiger charge is 2.22. The number of rotatable bonds is 3. The van der Waals surface area contributed by atoms with Gasteiger partial charge in [-0.05, 0) is 49.2 Å². The number of urea groups is 1. The van der Waals surface area contributed by atoms with Gasteiger partial charge in [0.25, 0.3) is 0 Å². The molecule has 1 N–H and O–H groups in total. The topological polar surface area (TPSA) is 66.3 Å². The van der Waals surface area contributed by atoms with Crippen LogP contribution in [0.15, 0.2) is 55.1 Å². The van der Waals surface area contributed by atoms with E-state index in [1.807, 2.05) is 66.0 Å². The van der Waals surface area contributed by atoms with Crippen LogP contribution in [0.3, 0.4) is 0 Å². The van der Waals surface area contributed by atoms with Crippen molar-refractivity contribution in [2.75, 3.05) is 36.4 Å².